The summed E-state index contributed by atoms with van der Waals surface area (Å²) in [5.41, 5.74) is 0. The number of hydrogen-bond donors (Lipinski definition) is 0. The molecule has 1 radical (unpaired) electrons. The summed E-state index contributed by atoms with van der Waals surface area (Å²) in [6, 6.07) is 0. The summed E-state index contributed by atoms with van der Waals surface area (Å²) >= 11 is 0. The van der Waals surface area contributed by atoms with Gasteiger partial charge in [-0.1, -0.05) is 0 Å². The predicted molar refractivity (Wildman–Crippen MR) is 32.5 cm³/mol. The molecule has 0 atom stereocenters. The molecule has 0 aromatic rings. The van der Waals surface area contributed by atoms with E-state index in [1.54, 1.807) is 0 Å². The normalized spacial score (nSPS) is 9.16. The van der Waals surface area contributed by atoms with Crippen molar-refractivity contribution in [3.63, 3.8) is 0 Å². The summed E-state index contributed by atoms with van der Waals surface area (Å²) in [6.45, 7) is 0. The topological polar surface area (TPSA) is 241 Å². The maximum atomic E-state index is 8.52. The van der Waals surface area contributed by atoms with Crippen molar-refractivity contribution in [1.82, 2.24) is 0 Å². The van der Waals surface area contributed by atoms with E-state index in [1.165, 1.54) is 0 Å². The zero-order valence-corrected chi connectivity index (χ0v) is 18.6. The van der Waals surface area contributed by atoms with E-state index in [-0.39, 0.29) is 111 Å². The van der Waals surface area contributed by atoms with E-state index in [4.69, 9.17) is 52.6 Å². The van der Waals surface area contributed by atoms with Crippen LogP contribution in [0.25, 0.3) is 0 Å². The van der Waals surface area contributed by atoms with Gasteiger partial charge in [-0.25, -0.2) is 0 Å². The molecule has 12 nitrogen and oxygen atoms in total. The molecular formula is HKO12Rh3S3. The van der Waals surface area contributed by atoms with Crippen LogP contribution in [-0.2, 0) is 89.6 Å². The van der Waals surface area contributed by atoms with Gasteiger partial charge in [-0.15, -0.1) is 0 Å². The van der Waals surface area contributed by atoms with E-state index >= 15 is 0 Å². The molecule has 0 aliphatic rings. The quantitative estimate of drug-likeness (QED) is 0.137. The molecular weight excluding hydrogens is 636 g/mol. The van der Waals surface area contributed by atoms with Gasteiger partial charge in [-0.05, 0) is 0 Å². The second kappa shape index (κ2) is 19.2. The van der Waals surface area contributed by atoms with Gasteiger partial charge in [0, 0.05) is 50.7 Å². The Labute approximate surface area is 191 Å². The Morgan fingerprint density at radius 3 is 0.526 bits per heavy atom. The molecule has 0 rings (SSSR count). The Hall–Kier alpha value is 3.12. The summed E-state index contributed by atoms with van der Waals surface area (Å²) < 4.78 is 102. The van der Waals surface area contributed by atoms with Crippen molar-refractivity contribution in [3.8, 4) is 0 Å². The Balaban J connectivity index is -0.0000000160. The molecule has 0 N–H and O–H groups in total. The van der Waals surface area contributed by atoms with E-state index in [2.05, 4.69) is 0 Å². The molecule has 0 amide bonds. The Morgan fingerprint density at radius 2 is 0.526 bits per heavy atom. The SMILES string of the molecule is O=S(=O)([O-])[O-].O=S(=O)([O-])[O-].O=S(=O)([O-])[O-].[H-].[K+].[Rh+3].[Rh+3].[Rh]. The zero-order valence-electron chi connectivity index (χ0n) is 9.12. The molecule has 0 aliphatic heterocycles. The van der Waals surface area contributed by atoms with Crippen LogP contribution < -0.4 is 51.4 Å². The fourth-order valence-corrected chi connectivity index (χ4v) is 0. The molecule has 0 bridgehead atoms. The summed E-state index contributed by atoms with van der Waals surface area (Å²) in [6.07, 6.45) is 0. The van der Waals surface area contributed by atoms with Crippen LogP contribution in [-0.4, -0.2) is 52.6 Å². The van der Waals surface area contributed by atoms with E-state index in [0.717, 1.165) is 0 Å². The van der Waals surface area contributed by atoms with E-state index < -0.39 is 31.2 Å². The van der Waals surface area contributed by atoms with E-state index in [9.17, 15) is 0 Å². The molecule has 0 saturated carbocycles. The van der Waals surface area contributed by atoms with Crippen LogP contribution >= 0.6 is 0 Å². The van der Waals surface area contributed by atoms with Gasteiger partial charge < -0.3 is 28.7 Å². The second-order valence-corrected chi connectivity index (χ2v) is 3.67. The molecule has 0 spiro atoms. The minimum atomic E-state index is -5.17. The van der Waals surface area contributed by atoms with Gasteiger partial charge in [0.2, 0.25) is 0 Å². The smallest absolute Gasteiger partial charge is 1.00 e. The largest absolute Gasteiger partial charge is 3.00 e. The molecule has 0 unspecified atom stereocenters. The van der Waals surface area contributed by atoms with Crippen LogP contribution in [0.1, 0.15) is 1.43 Å². The first kappa shape index (κ1) is 43.2. The summed E-state index contributed by atoms with van der Waals surface area (Å²) in [4.78, 5) is 0. The summed E-state index contributed by atoms with van der Waals surface area (Å²) in [5.74, 6) is 0. The van der Waals surface area contributed by atoms with Gasteiger partial charge in [0.15, 0.2) is 0 Å². The summed E-state index contributed by atoms with van der Waals surface area (Å²) in [5, 5.41) is 0. The third-order valence-electron chi connectivity index (χ3n) is 0. The van der Waals surface area contributed by atoms with E-state index in [1.807, 2.05) is 0 Å². The van der Waals surface area contributed by atoms with Crippen LogP contribution in [0, 0.1) is 0 Å². The molecule has 0 aromatic heterocycles. The molecule has 0 heterocycles. The van der Waals surface area contributed by atoms with Gasteiger partial charge in [-0.2, -0.15) is 0 Å². The van der Waals surface area contributed by atoms with Crippen LogP contribution in [0.3, 0.4) is 0 Å². The average molecular weight is 637 g/mol. The standard InChI is InChI=1S/K.3H2O4S.3Rh.H/c;3*1-5(2,3)4;;;;/h;3*(H2,1,2,3,4);;;;/q+1;;;;;2*+3;-1/p-6. The first-order valence-corrected chi connectivity index (χ1v) is 6.00. The molecule has 0 saturated heterocycles. The fourth-order valence-electron chi connectivity index (χ4n) is 0. The van der Waals surface area contributed by atoms with Crippen molar-refractivity contribution in [2.45, 2.75) is 0 Å². The van der Waals surface area contributed by atoms with Crippen LogP contribution in [0.15, 0.2) is 0 Å². The Kier molecular flexibility index (Phi) is 43.5. The Morgan fingerprint density at radius 1 is 0.526 bits per heavy atom. The van der Waals surface area contributed by atoms with Gasteiger partial charge in [-0.3, -0.25) is 25.3 Å². The van der Waals surface area contributed by atoms with Crippen LogP contribution in [0.5, 0.6) is 0 Å². The Bertz CT molecular complexity index is 355. The van der Waals surface area contributed by atoms with E-state index in [0.29, 0.717) is 0 Å². The third-order valence-corrected chi connectivity index (χ3v) is 0. The van der Waals surface area contributed by atoms with Gasteiger partial charge in [0.25, 0.3) is 0 Å². The number of rotatable bonds is 0. The number of hydrogen-bond acceptors (Lipinski definition) is 12. The molecule has 0 aromatic carbocycles. The van der Waals surface area contributed by atoms with Crippen molar-refractivity contribution in [1.29, 1.82) is 0 Å². The van der Waals surface area contributed by atoms with Crippen molar-refractivity contribution < 1.29 is 164 Å². The maximum absolute atomic E-state index is 8.52. The maximum Gasteiger partial charge on any atom is 3.00 e. The fraction of sp³-hybridized carbons (Fsp3) is 0. The van der Waals surface area contributed by atoms with Gasteiger partial charge >= 0.3 is 90.3 Å². The first-order valence-electron chi connectivity index (χ1n) is 2.00. The minimum absolute atomic E-state index is 0. The van der Waals surface area contributed by atoms with Crippen LogP contribution in [0.2, 0.25) is 0 Å². The van der Waals surface area contributed by atoms with Gasteiger partial charge in [0.05, 0.1) is 0 Å². The average Bonchev–Trinajstić information content (AvgIpc) is 1.41. The van der Waals surface area contributed by atoms with Gasteiger partial charge in [0.1, 0.15) is 0 Å². The van der Waals surface area contributed by atoms with Crippen molar-refractivity contribution in [3.05, 3.63) is 0 Å². The van der Waals surface area contributed by atoms with Crippen LogP contribution in [0.4, 0.5) is 0 Å². The summed E-state index contributed by atoms with van der Waals surface area (Å²) in [7, 11) is -15.5. The molecule has 0 fully saturated rings. The zero-order chi connectivity index (χ0) is 13.5. The molecule has 119 valence electrons. The van der Waals surface area contributed by atoms with Crippen molar-refractivity contribution in [2.75, 3.05) is 0 Å². The third kappa shape index (κ3) is 795. The molecule has 0 aliphatic carbocycles. The van der Waals surface area contributed by atoms with Crippen molar-refractivity contribution >= 4 is 31.2 Å². The second-order valence-electron chi connectivity index (χ2n) is 1.22. The first-order chi connectivity index (χ1) is 6.00. The minimum Gasteiger partial charge on any atom is -1.00 e. The van der Waals surface area contributed by atoms with Crippen molar-refractivity contribution in [2.24, 2.45) is 0 Å². The predicted octanol–water partition coefficient (Wildman–Crippen LogP) is -6.91. The monoisotopic (exact) mass is 637 g/mol. The molecule has 19 heavy (non-hydrogen) atoms. The molecule has 19 heteroatoms.